The third-order valence-electron chi connectivity index (χ3n) is 5.48. The van der Waals surface area contributed by atoms with Crippen LogP contribution in [0.1, 0.15) is 22.3 Å². The van der Waals surface area contributed by atoms with Crippen molar-refractivity contribution in [2.24, 2.45) is 0 Å². The van der Waals surface area contributed by atoms with Crippen LogP contribution in [0.15, 0.2) is 91.1 Å². The first-order valence-corrected chi connectivity index (χ1v) is 9.25. The molecule has 4 heteroatoms. The zero-order valence-corrected chi connectivity index (χ0v) is 15.2. The molecule has 1 saturated heterocycles. The summed E-state index contributed by atoms with van der Waals surface area (Å²) < 4.78 is 0. The maximum absolute atomic E-state index is 13.9. The van der Waals surface area contributed by atoms with Crippen molar-refractivity contribution in [1.29, 1.82) is 0 Å². The zero-order chi connectivity index (χ0) is 19.1. The molecule has 0 spiro atoms. The van der Waals surface area contributed by atoms with Gasteiger partial charge in [0, 0.05) is 6.20 Å². The number of hydrogen-bond donors (Lipinski definition) is 0. The lowest BCUT2D eigenvalue weighted by atomic mass is 9.77. The fraction of sp³-hybridized carbons (Fsp3) is 0.0833. The molecule has 3 aromatic carbocycles. The van der Waals surface area contributed by atoms with Crippen molar-refractivity contribution in [1.82, 2.24) is 9.80 Å². The number of nitrogens with zero attached hydrogens (tertiary/aromatic N) is 2. The Morgan fingerprint density at radius 1 is 0.750 bits per heavy atom. The van der Waals surface area contributed by atoms with Crippen LogP contribution in [-0.4, -0.2) is 21.7 Å². The molecular weight excluding hydrogens is 348 g/mol. The molecule has 3 amide bonds. The third-order valence-corrected chi connectivity index (χ3v) is 5.48. The van der Waals surface area contributed by atoms with Gasteiger partial charge in [-0.15, -0.1) is 0 Å². The van der Waals surface area contributed by atoms with Crippen LogP contribution in [0, 0.1) is 0 Å². The maximum atomic E-state index is 13.9. The standard InChI is InChI=1S/C24H18N2O2/c27-22-24(20-12-5-2-6-13-20)21-14-8-7-11-19(21)15-16-26(24)23(28)25(22)17-18-9-3-1-4-10-18/h1-16H,17H2. The minimum absolute atomic E-state index is 0.218. The first-order valence-electron chi connectivity index (χ1n) is 9.25. The topological polar surface area (TPSA) is 40.6 Å². The molecule has 1 unspecified atom stereocenters. The number of benzene rings is 3. The molecule has 28 heavy (non-hydrogen) atoms. The van der Waals surface area contributed by atoms with Crippen molar-refractivity contribution in [3.63, 3.8) is 0 Å². The smallest absolute Gasteiger partial charge is 0.277 e. The number of carbonyl (C=O) groups is 2. The lowest BCUT2D eigenvalue weighted by molar-refractivity contribution is -0.131. The first kappa shape index (κ1) is 16.5. The summed E-state index contributed by atoms with van der Waals surface area (Å²) in [4.78, 5) is 30.1. The molecule has 3 aromatic rings. The summed E-state index contributed by atoms with van der Waals surface area (Å²) in [6.07, 6.45) is 3.63. The van der Waals surface area contributed by atoms with Gasteiger partial charge in [0.25, 0.3) is 5.91 Å². The van der Waals surface area contributed by atoms with Crippen LogP contribution in [0.4, 0.5) is 4.79 Å². The molecule has 4 nitrogen and oxygen atoms in total. The van der Waals surface area contributed by atoms with Gasteiger partial charge in [-0.25, -0.2) is 4.79 Å². The van der Waals surface area contributed by atoms with Crippen molar-refractivity contribution in [3.8, 4) is 0 Å². The summed E-state index contributed by atoms with van der Waals surface area (Å²) in [6, 6.07) is 26.6. The predicted molar refractivity (Wildman–Crippen MR) is 107 cm³/mol. The molecule has 0 saturated carbocycles. The molecule has 0 aromatic heterocycles. The summed E-state index contributed by atoms with van der Waals surface area (Å²) in [5, 5.41) is 0. The highest BCUT2D eigenvalue weighted by atomic mass is 16.2. The Hall–Kier alpha value is -3.66. The Morgan fingerprint density at radius 2 is 1.39 bits per heavy atom. The van der Waals surface area contributed by atoms with Crippen molar-refractivity contribution >= 4 is 18.0 Å². The molecular formula is C24H18N2O2. The highest BCUT2D eigenvalue weighted by Gasteiger charge is 2.60. The largest absolute Gasteiger partial charge is 0.332 e. The molecule has 2 heterocycles. The van der Waals surface area contributed by atoms with Gasteiger partial charge in [0.05, 0.1) is 6.54 Å². The highest BCUT2D eigenvalue weighted by Crippen LogP contribution is 2.47. The average molecular weight is 366 g/mol. The molecule has 136 valence electrons. The third kappa shape index (κ3) is 2.18. The first-order chi connectivity index (χ1) is 13.7. The SMILES string of the molecule is O=C1N(Cc2ccccc2)C(=O)C2(c3ccccc3)c3ccccc3C=CN12. The Labute approximate surface area is 163 Å². The van der Waals surface area contributed by atoms with Gasteiger partial charge in [0.1, 0.15) is 0 Å². The van der Waals surface area contributed by atoms with E-state index in [0.29, 0.717) is 0 Å². The molecule has 1 fully saturated rings. The Bertz CT molecular complexity index is 1090. The van der Waals surface area contributed by atoms with Gasteiger partial charge in [0.15, 0.2) is 5.54 Å². The molecule has 5 rings (SSSR count). The molecule has 0 bridgehead atoms. The Balaban J connectivity index is 1.71. The second-order valence-electron chi connectivity index (χ2n) is 7.01. The van der Waals surface area contributed by atoms with Crippen LogP contribution in [0.5, 0.6) is 0 Å². The summed E-state index contributed by atoms with van der Waals surface area (Å²) in [7, 11) is 0. The fourth-order valence-corrected chi connectivity index (χ4v) is 4.21. The van der Waals surface area contributed by atoms with E-state index in [1.54, 1.807) is 11.1 Å². The monoisotopic (exact) mass is 366 g/mol. The van der Waals surface area contributed by atoms with E-state index in [1.165, 1.54) is 4.90 Å². The van der Waals surface area contributed by atoms with Gasteiger partial charge in [-0.05, 0) is 28.3 Å². The van der Waals surface area contributed by atoms with E-state index in [-0.39, 0.29) is 18.5 Å². The molecule has 2 aliphatic rings. The van der Waals surface area contributed by atoms with Gasteiger partial charge in [-0.3, -0.25) is 14.6 Å². The van der Waals surface area contributed by atoms with Crippen LogP contribution in [0.2, 0.25) is 0 Å². The summed E-state index contributed by atoms with van der Waals surface area (Å²) >= 11 is 0. The number of hydrogen-bond acceptors (Lipinski definition) is 2. The molecule has 0 radical (unpaired) electrons. The number of imide groups is 1. The number of amides is 3. The van der Waals surface area contributed by atoms with E-state index in [1.807, 2.05) is 91.0 Å². The average Bonchev–Trinajstić information content (AvgIpc) is 2.98. The van der Waals surface area contributed by atoms with E-state index in [9.17, 15) is 9.59 Å². The number of urea groups is 1. The second-order valence-corrected chi connectivity index (χ2v) is 7.01. The van der Waals surface area contributed by atoms with Crippen LogP contribution in [-0.2, 0) is 16.9 Å². The van der Waals surface area contributed by atoms with Crippen LogP contribution in [0.25, 0.3) is 6.08 Å². The van der Waals surface area contributed by atoms with E-state index in [2.05, 4.69) is 0 Å². The van der Waals surface area contributed by atoms with Crippen molar-refractivity contribution in [2.45, 2.75) is 12.1 Å². The van der Waals surface area contributed by atoms with E-state index < -0.39 is 5.54 Å². The van der Waals surface area contributed by atoms with Gasteiger partial charge in [-0.1, -0.05) is 84.9 Å². The lowest BCUT2D eigenvalue weighted by Gasteiger charge is -2.37. The van der Waals surface area contributed by atoms with E-state index in [4.69, 9.17) is 0 Å². The predicted octanol–water partition coefficient (Wildman–Crippen LogP) is 4.38. The van der Waals surface area contributed by atoms with E-state index in [0.717, 1.165) is 22.3 Å². The highest BCUT2D eigenvalue weighted by molar-refractivity contribution is 6.11. The number of carbonyl (C=O) groups excluding carboxylic acids is 2. The van der Waals surface area contributed by atoms with E-state index >= 15 is 0 Å². The van der Waals surface area contributed by atoms with Gasteiger partial charge < -0.3 is 0 Å². The molecule has 2 aliphatic heterocycles. The van der Waals surface area contributed by atoms with Gasteiger partial charge in [0.2, 0.25) is 0 Å². The molecule has 0 aliphatic carbocycles. The second kappa shape index (κ2) is 6.20. The Morgan fingerprint density at radius 3 is 2.14 bits per heavy atom. The number of rotatable bonds is 3. The number of fused-ring (bicyclic) bond motifs is 3. The van der Waals surface area contributed by atoms with Gasteiger partial charge >= 0.3 is 6.03 Å². The minimum Gasteiger partial charge on any atom is -0.277 e. The van der Waals surface area contributed by atoms with Crippen LogP contribution < -0.4 is 0 Å². The van der Waals surface area contributed by atoms with Crippen molar-refractivity contribution in [3.05, 3.63) is 113 Å². The fourth-order valence-electron chi connectivity index (χ4n) is 4.21. The van der Waals surface area contributed by atoms with Crippen molar-refractivity contribution in [2.75, 3.05) is 0 Å². The maximum Gasteiger partial charge on any atom is 0.332 e. The summed E-state index contributed by atoms with van der Waals surface area (Å²) in [5.74, 6) is -0.218. The molecule has 0 N–H and O–H groups in total. The van der Waals surface area contributed by atoms with Crippen LogP contribution >= 0.6 is 0 Å². The summed E-state index contributed by atoms with van der Waals surface area (Å²) in [6.45, 7) is 0.250. The lowest BCUT2D eigenvalue weighted by Crippen LogP contribution is -2.47. The van der Waals surface area contributed by atoms with Crippen molar-refractivity contribution < 1.29 is 9.59 Å². The van der Waals surface area contributed by atoms with Crippen LogP contribution in [0.3, 0.4) is 0 Å². The zero-order valence-electron chi connectivity index (χ0n) is 15.2. The molecule has 1 atom stereocenters. The minimum atomic E-state index is -1.17. The van der Waals surface area contributed by atoms with Gasteiger partial charge in [-0.2, -0.15) is 0 Å². The quantitative estimate of drug-likeness (QED) is 0.646. The normalized spacial score (nSPS) is 20.3. The summed E-state index contributed by atoms with van der Waals surface area (Å²) in [5.41, 5.74) is 2.33. The Kier molecular flexibility index (Phi) is 3.66.